The van der Waals surface area contributed by atoms with Crippen LogP contribution in [0.5, 0.6) is 0 Å². The van der Waals surface area contributed by atoms with Crippen molar-refractivity contribution in [2.24, 2.45) is 0 Å². The Kier molecular flexibility index (Phi) is 3.25. The lowest BCUT2D eigenvalue weighted by Crippen LogP contribution is -2.22. The first-order chi connectivity index (χ1) is 11.0. The van der Waals surface area contributed by atoms with Crippen molar-refractivity contribution in [1.29, 1.82) is 0 Å². The molecular weight excluding hydrogens is 328 g/mol. The van der Waals surface area contributed by atoms with Crippen molar-refractivity contribution in [3.63, 3.8) is 0 Å². The summed E-state index contributed by atoms with van der Waals surface area (Å²) in [6, 6.07) is 11.5. The van der Waals surface area contributed by atoms with Crippen LogP contribution in [0, 0.1) is 13.8 Å². The number of aryl methyl sites for hydroxylation is 2. The van der Waals surface area contributed by atoms with Crippen LogP contribution in [0.4, 0.5) is 0 Å². The van der Waals surface area contributed by atoms with Gasteiger partial charge in [0, 0.05) is 5.02 Å². The number of thiazole rings is 1. The molecule has 23 heavy (non-hydrogen) atoms. The van der Waals surface area contributed by atoms with Crippen LogP contribution in [0.2, 0.25) is 5.02 Å². The van der Waals surface area contributed by atoms with Gasteiger partial charge in [-0.15, -0.1) is 0 Å². The fourth-order valence-electron chi connectivity index (χ4n) is 2.63. The Morgan fingerprint density at radius 1 is 1.13 bits per heavy atom. The SMILES string of the molecule is Cc1cc2nc3s/c(=C/c4ccc(Cl)cc4)c(=O)n3c2cc1C. The zero-order valence-electron chi connectivity index (χ0n) is 12.6. The Labute approximate surface area is 141 Å². The number of hydrogen-bond acceptors (Lipinski definition) is 3. The van der Waals surface area contributed by atoms with E-state index in [1.165, 1.54) is 16.9 Å². The second kappa shape index (κ2) is 5.18. The second-order valence-electron chi connectivity index (χ2n) is 5.62. The maximum atomic E-state index is 12.7. The fourth-order valence-corrected chi connectivity index (χ4v) is 3.74. The van der Waals surface area contributed by atoms with E-state index in [4.69, 9.17) is 11.6 Å². The maximum absolute atomic E-state index is 12.7. The molecule has 2 heterocycles. The summed E-state index contributed by atoms with van der Waals surface area (Å²) in [4.78, 5) is 18.1. The van der Waals surface area contributed by atoms with Crippen molar-refractivity contribution in [3.8, 4) is 0 Å². The minimum Gasteiger partial charge on any atom is -0.267 e. The van der Waals surface area contributed by atoms with Crippen molar-refractivity contribution in [2.45, 2.75) is 13.8 Å². The highest BCUT2D eigenvalue weighted by Gasteiger charge is 2.12. The van der Waals surface area contributed by atoms with Crippen LogP contribution in [0.25, 0.3) is 22.1 Å². The normalized spacial score (nSPS) is 12.6. The van der Waals surface area contributed by atoms with E-state index in [0.717, 1.165) is 27.1 Å². The Morgan fingerprint density at radius 2 is 1.83 bits per heavy atom. The average molecular weight is 341 g/mol. The summed E-state index contributed by atoms with van der Waals surface area (Å²) in [5.41, 5.74) is 5.02. The molecule has 0 N–H and O–H groups in total. The summed E-state index contributed by atoms with van der Waals surface area (Å²) >= 11 is 7.31. The van der Waals surface area contributed by atoms with Gasteiger partial charge in [0.1, 0.15) is 0 Å². The molecule has 4 rings (SSSR count). The van der Waals surface area contributed by atoms with Gasteiger partial charge in [0.05, 0.1) is 15.6 Å². The lowest BCUT2D eigenvalue weighted by atomic mass is 10.1. The molecule has 0 saturated carbocycles. The number of halogens is 1. The van der Waals surface area contributed by atoms with Gasteiger partial charge < -0.3 is 0 Å². The molecule has 0 amide bonds. The molecular formula is C18H13ClN2OS. The van der Waals surface area contributed by atoms with Crippen molar-refractivity contribution in [1.82, 2.24) is 9.38 Å². The monoisotopic (exact) mass is 340 g/mol. The predicted molar refractivity (Wildman–Crippen MR) is 96.6 cm³/mol. The highest BCUT2D eigenvalue weighted by atomic mass is 35.5. The Hall–Kier alpha value is -2.17. The topological polar surface area (TPSA) is 34.4 Å². The van der Waals surface area contributed by atoms with Crippen LogP contribution in [-0.4, -0.2) is 9.38 Å². The quantitative estimate of drug-likeness (QED) is 0.529. The summed E-state index contributed by atoms with van der Waals surface area (Å²) in [7, 11) is 0. The van der Waals surface area contributed by atoms with Crippen molar-refractivity contribution >= 4 is 45.0 Å². The Balaban J connectivity index is 2.00. The van der Waals surface area contributed by atoms with E-state index in [0.29, 0.717) is 9.55 Å². The number of nitrogens with zero attached hydrogens (tertiary/aromatic N) is 2. The van der Waals surface area contributed by atoms with Crippen molar-refractivity contribution in [2.75, 3.05) is 0 Å². The lowest BCUT2D eigenvalue weighted by Gasteiger charge is -1.98. The summed E-state index contributed by atoms with van der Waals surface area (Å²) in [5.74, 6) is 0. The Bertz CT molecular complexity index is 1160. The first kappa shape index (κ1) is 14.4. The molecule has 0 atom stereocenters. The van der Waals surface area contributed by atoms with E-state index in [1.807, 2.05) is 49.4 Å². The number of benzene rings is 2. The molecule has 2 aromatic heterocycles. The standard InChI is InChI=1S/C18H13ClN2OS/c1-10-7-14-15(8-11(10)2)21-17(22)16(23-18(21)20-14)9-12-3-5-13(19)6-4-12/h3-9H,1-2H3/b16-9+. The molecule has 2 aromatic carbocycles. The number of fused-ring (bicyclic) bond motifs is 3. The van der Waals surface area contributed by atoms with Gasteiger partial charge in [-0.25, -0.2) is 9.38 Å². The second-order valence-corrected chi connectivity index (χ2v) is 7.07. The molecule has 0 aliphatic carbocycles. The third-order valence-electron chi connectivity index (χ3n) is 4.02. The predicted octanol–water partition coefficient (Wildman–Crippen LogP) is 3.73. The fraction of sp³-hybridized carbons (Fsp3) is 0.111. The van der Waals surface area contributed by atoms with E-state index < -0.39 is 0 Å². The molecule has 0 unspecified atom stereocenters. The average Bonchev–Trinajstić information content (AvgIpc) is 3.00. The molecule has 0 aliphatic heterocycles. The summed E-state index contributed by atoms with van der Waals surface area (Å²) in [5, 5.41) is 0.683. The number of aromatic nitrogens is 2. The lowest BCUT2D eigenvalue weighted by molar-refractivity contribution is 1.18. The minimum atomic E-state index is -0.0225. The van der Waals surface area contributed by atoms with E-state index >= 15 is 0 Å². The van der Waals surface area contributed by atoms with Gasteiger partial charge in [-0.1, -0.05) is 35.1 Å². The number of rotatable bonds is 1. The third kappa shape index (κ3) is 2.35. The van der Waals surface area contributed by atoms with Crippen LogP contribution in [0.15, 0.2) is 41.2 Å². The third-order valence-corrected chi connectivity index (χ3v) is 5.24. The maximum Gasteiger partial charge on any atom is 0.274 e. The minimum absolute atomic E-state index is 0.0225. The van der Waals surface area contributed by atoms with Crippen molar-refractivity contribution in [3.05, 3.63) is 73.0 Å². The molecule has 0 radical (unpaired) electrons. The van der Waals surface area contributed by atoms with Crippen molar-refractivity contribution < 1.29 is 0 Å². The molecule has 5 heteroatoms. The van der Waals surface area contributed by atoms with Gasteiger partial charge in [-0.05, 0) is 60.9 Å². The zero-order valence-corrected chi connectivity index (χ0v) is 14.2. The molecule has 0 bridgehead atoms. The molecule has 0 spiro atoms. The summed E-state index contributed by atoms with van der Waals surface area (Å²) < 4.78 is 2.38. The van der Waals surface area contributed by atoms with Gasteiger partial charge in [-0.2, -0.15) is 0 Å². The van der Waals surface area contributed by atoms with E-state index in [2.05, 4.69) is 11.9 Å². The first-order valence-corrected chi connectivity index (χ1v) is 8.42. The van der Waals surface area contributed by atoms with Crippen LogP contribution >= 0.6 is 22.9 Å². The zero-order chi connectivity index (χ0) is 16.1. The van der Waals surface area contributed by atoms with Crippen LogP contribution in [-0.2, 0) is 0 Å². The van der Waals surface area contributed by atoms with Crippen LogP contribution < -0.4 is 10.1 Å². The van der Waals surface area contributed by atoms with Gasteiger partial charge in [0.2, 0.25) is 0 Å². The Morgan fingerprint density at radius 3 is 2.57 bits per heavy atom. The summed E-state index contributed by atoms with van der Waals surface area (Å²) in [6.45, 7) is 4.10. The smallest absolute Gasteiger partial charge is 0.267 e. The highest BCUT2D eigenvalue weighted by molar-refractivity contribution is 7.15. The van der Waals surface area contributed by atoms with Crippen LogP contribution in [0.3, 0.4) is 0 Å². The van der Waals surface area contributed by atoms with Gasteiger partial charge in [0.15, 0.2) is 4.96 Å². The van der Waals surface area contributed by atoms with E-state index in [9.17, 15) is 4.79 Å². The molecule has 114 valence electrons. The number of hydrogen-bond donors (Lipinski definition) is 0. The van der Waals surface area contributed by atoms with Gasteiger partial charge in [0.25, 0.3) is 5.56 Å². The molecule has 0 aliphatic rings. The van der Waals surface area contributed by atoms with Crippen LogP contribution in [0.1, 0.15) is 16.7 Å². The van der Waals surface area contributed by atoms with Gasteiger partial charge in [-0.3, -0.25) is 4.79 Å². The largest absolute Gasteiger partial charge is 0.274 e. The summed E-state index contributed by atoms with van der Waals surface area (Å²) in [6.07, 6.45) is 1.88. The highest BCUT2D eigenvalue weighted by Crippen LogP contribution is 2.20. The van der Waals surface area contributed by atoms with E-state index in [-0.39, 0.29) is 5.56 Å². The molecule has 4 aromatic rings. The molecule has 0 fully saturated rings. The molecule has 3 nitrogen and oxygen atoms in total. The van der Waals surface area contributed by atoms with Gasteiger partial charge >= 0.3 is 0 Å². The number of imidazole rings is 1. The first-order valence-electron chi connectivity index (χ1n) is 7.22. The molecule has 0 saturated heterocycles. The van der Waals surface area contributed by atoms with E-state index in [1.54, 1.807) is 4.40 Å².